The molecule has 2 aromatic rings. The predicted molar refractivity (Wildman–Crippen MR) is 101 cm³/mol. The summed E-state index contributed by atoms with van der Waals surface area (Å²) in [5.74, 6) is 2.12. The molecule has 0 aliphatic rings. The first kappa shape index (κ1) is 19.1. The Morgan fingerprint density at radius 2 is 1.92 bits per heavy atom. The summed E-state index contributed by atoms with van der Waals surface area (Å²) in [4.78, 5) is 11.6. The molecule has 2 rings (SSSR count). The third-order valence-electron chi connectivity index (χ3n) is 2.89. The molecule has 0 saturated heterocycles. The fraction of sp³-hybridized carbons (Fsp3) is 0.438. The maximum atomic E-state index is 11.6. The van der Waals surface area contributed by atoms with Gasteiger partial charge in [-0.25, -0.2) is 0 Å². The zero-order valence-electron chi connectivity index (χ0n) is 13.8. The van der Waals surface area contributed by atoms with Crippen LogP contribution >= 0.6 is 34.9 Å². The van der Waals surface area contributed by atoms with Crippen LogP contribution in [0.4, 0.5) is 0 Å². The summed E-state index contributed by atoms with van der Waals surface area (Å²) in [6.45, 7) is 5.43. The molecular weight excluding hydrogens is 362 g/mol. The lowest BCUT2D eigenvalue weighted by atomic mass is 10.2. The van der Waals surface area contributed by atoms with Gasteiger partial charge in [0.15, 0.2) is 8.68 Å². The van der Waals surface area contributed by atoms with E-state index < -0.39 is 0 Å². The minimum absolute atomic E-state index is 0.0396. The van der Waals surface area contributed by atoms with Crippen molar-refractivity contribution in [3.05, 3.63) is 29.8 Å². The van der Waals surface area contributed by atoms with E-state index in [0.29, 0.717) is 12.4 Å². The van der Waals surface area contributed by atoms with Gasteiger partial charge >= 0.3 is 0 Å². The number of nitrogens with zero attached hydrogens (tertiary/aromatic N) is 2. The monoisotopic (exact) mass is 383 g/mol. The topological polar surface area (TPSA) is 64.1 Å². The number of aryl methyl sites for hydroxylation is 1. The Morgan fingerprint density at radius 3 is 2.62 bits per heavy atom. The second-order valence-electron chi connectivity index (χ2n) is 4.98. The van der Waals surface area contributed by atoms with Crippen LogP contribution in [0.2, 0.25) is 0 Å². The minimum Gasteiger partial charge on any atom is -0.493 e. The number of hydrogen-bond acceptors (Lipinski definition) is 7. The van der Waals surface area contributed by atoms with Crippen LogP contribution in [0.1, 0.15) is 18.9 Å². The van der Waals surface area contributed by atoms with Gasteiger partial charge in [-0.2, -0.15) is 0 Å². The maximum Gasteiger partial charge on any atom is 0.230 e. The van der Waals surface area contributed by atoms with Crippen molar-refractivity contribution in [2.45, 2.75) is 28.9 Å². The molecule has 8 heteroatoms. The summed E-state index contributed by atoms with van der Waals surface area (Å²) in [7, 11) is 0. The molecule has 1 amide bonds. The van der Waals surface area contributed by atoms with Crippen LogP contribution in [-0.4, -0.2) is 40.8 Å². The number of benzene rings is 1. The molecule has 1 aromatic carbocycles. The van der Waals surface area contributed by atoms with E-state index in [9.17, 15) is 4.79 Å². The number of ether oxygens (including phenoxy) is 1. The molecule has 130 valence electrons. The highest BCUT2D eigenvalue weighted by molar-refractivity contribution is 8.03. The average Bonchev–Trinajstić information content (AvgIpc) is 3.04. The summed E-state index contributed by atoms with van der Waals surface area (Å²) in [5.41, 5.74) is 1.22. The highest BCUT2D eigenvalue weighted by Gasteiger charge is 2.08. The Balaban J connectivity index is 1.64. The predicted octanol–water partition coefficient (Wildman–Crippen LogP) is 3.64. The molecule has 0 atom stereocenters. The number of carbonyl (C=O) groups is 1. The molecule has 0 spiro atoms. The van der Waals surface area contributed by atoms with Crippen molar-refractivity contribution < 1.29 is 9.53 Å². The summed E-state index contributed by atoms with van der Waals surface area (Å²) in [5, 5.41) is 11.1. The molecule has 0 aliphatic heterocycles. The number of thioether (sulfide) groups is 2. The lowest BCUT2D eigenvalue weighted by molar-refractivity contribution is -0.118. The molecule has 0 unspecified atom stereocenters. The molecule has 24 heavy (non-hydrogen) atoms. The number of aromatic nitrogens is 2. The molecule has 1 heterocycles. The van der Waals surface area contributed by atoms with Gasteiger partial charge in [-0.15, -0.1) is 10.2 Å². The summed E-state index contributed by atoms with van der Waals surface area (Å²) in [6, 6.07) is 8.02. The van der Waals surface area contributed by atoms with E-state index in [1.54, 1.807) is 11.8 Å². The first-order chi connectivity index (χ1) is 11.7. The Bertz CT molecular complexity index is 632. The average molecular weight is 384 g/mol. The second-order valence-corrected chi connectivity index (χ2v) is 8.52. The van der Waals surface area contributed by atoms with Crippen molar-refractivity contribution in [3.8, 4) is 5.75 Å². The minimum atomic E-state index is 0.0396. The molecule has 0 aliphatic carbocycles. The Kier molecular flexibility index (Phi) is 8.41. The number of carbonyl (C=O) groups excluding carboxylic acids is 1. The summed E-state index contributed by atoms with van der Waals surface area (Å²) in [6.07, 6.45) is 0.945. The molecule has 1 aromatic heterocycles. The molecule has 0 radical (unpaired) electrons. The second kappa shape index (κ2) is 10.6. The van der Waals surface area contributed by atoms with Crippen LogP contribution in [0, 0.1) is 6.92 Å². The summed E-state index contributed by atoms with van der Waals surface area (Å²) >= 11 is 4.56. The van der Waals surface area contributed by atoms with Crippen molar-refractivity contribution in [2.75, 3.05) is 24.7 Å². The van der Waals surface area contributed by atoms with Gasteiger partial charge < -0.3 is 10.1 Å². The molecule has 0 bridgehead atoms. The van der Waals surface area contributed by atoms with Crippen LogP contribution in [0.25, 0.3) is 0 Å². The quantitative estimate of drug-likeness (QED) is 0.499. The van der Waals surface area contributed by atoms with E-state index in [-0.39, 0.29) is 5.91 Å². The molecule has 1 N–H and O–H groups in total. The smallest absolute Gasteiger partial charge is 0.230 e. The standard InChI is InChI=1S/C16H21N3O2S3/c1-3-8-17-14(20)11-23-16-19-18-15(24-16)22-10-9-21-13-6-4-12(2)5-7-13/h4-7H,3,8-11H2,1-2H3,(H,17,20). The highest BCUT2D eigenvalue weighted by atomic mass is 32.2. The summed E-state index contributed by atoms with van der Waals surface area (Å²) < 4.78 is 7.41. The molecule has 5 nitrogen and oxygen atoms in total. The first-order valence-electron chi connectivity index (χ1n) is 7.72. The lowest BCUT2D eigenvalue weighted by Crippen LogP contribution is -2.25. The number of nitrogens with one attached hydrogen (secondary N) is 1. The van der Waals surface area contributed by atoms with Gasteiger partial charge in [-0.3, -0.25) is 4.79 Å². The first-order valence-corrected chi connectivity index (χ1v) is 10.5. The van der Waals surface area contributed by atoms with Crippen LogP contribution in [-0.2, 0) is 4.79 Å². The lowest BCUT2D eigenvalue weighted by Gasteiger charge is -2.04. The van der Waals surface area contributed by atoms with Crippen molar-refractivity contribution in [1.29, 1.82) is 0 Å². The van der Waals surface area contributed by atoms with E-state index in [1.807, 2.05) is 31.2 Å². The van der Waals surface area contributed by atoms with Crippen LogP contribution in [0.3, 0.4) is 0 Å². The fourth-order valence-corrected chi connectivity index (χ4v) is 4.42. The van der Waals surface area contributed by atoms with E-state index in [4.69, 9.17) is 4.74 Å². The van der Waals surface area contributed by atoms with Gasteiger partial charge in [0.25, 0.3) is 0 Å². The number of hydrogen-bond donors (Lipinski definition) is 1. The van der Waals surface area contributed by atoms with Crippen LogP contribution < -0.4 is 10.1 Å². The van der Waals surface area contributed by atoms with Gasteiger partial charge in [0.05, 0.1) is 12.4 Å². The van der Waals surface area contributed by atoms with Crippen molar-refractivity contribution in [3.63, 3.8) is 0 Å². The molecular formula is C16H21N3O2S3. The van der Waals surface area contributed by atoms with Crippen molar-refractivity contribution in [2.24, 2.45) is 0 Å². The highest BCUT2D eigenvalue weighted by Crippen LogP contribution is 2.28. The Morgan fingerprint density at radius 1 is 1.21 bits per heavy atom. The van der Waals surface area contributed by atoms with Gasteiger partial charge in [-0.05, 0) is 25.5 Å². The molecule has 0 fully saturated rings. The van der Waals surface area contributed by atoms with E-state index in [2.05, 4.69) is 22.4 Å². The van der Waals surface area contributed by atoms with Crippen LogP contribution in [0.15, 0.2) is 32.9 Å². The third-order valence-corrected chi connectivity index (χ3v) is 6.04. The van der Waals surface area contributed by atoms with Gasteiger partial charge in [-0.1, -0.05) is 59.5 Å². The number of amides is 1. The zero-order chi connectivity index (χ0) is 17.2. The molecule has 0 saturated carbocycles. The fourth-order valence-electron chi connectivity index (χ4n) is 1.68. The van der Waals surface area contributed by atoms with E-state index >= 15 is 0 Å². The normalized spacial score (nSPS) is 10.6. The number of rotatable bonds is 10. The Hall–Kier alpha value is -1.25. The zero-order valence-corrected chi connectivity index (χ0v) is 16.2. The van der Waals surface area contributed by atoms with Gasteiger partial charge in [0.2, 0.25) is 5.91 Å². The third kappa shape index (κ3) is 7.11. The van der Waals surface area contributed by atoms with Gasteiger partial charge in [0, 0.05) is 12.3 Å². The van der Waals surface area contributed by atoms with Crippen LogP contribution in [0.5, 0.6) is 5.75 Å². The van der Waals surface area contributed by atoms with E-state index in [0.717, 1.165) is 33.1 Å². The van der Waals surface area contributed by atoms with Gasteiger partial charge in [0.1, 0.15) is 5.75 Å². The van der Waals surface area contributed by atoms with Crippen molar-refractivity contribution in [1.82, 2.24) is 15.5 Å². The SMILES string of the molecule is CCCNC(=O)CSc1nnc(SCCOc2ccc(C)cc2)s1. The Labute approximate surface area is 155 Å². The van der Waals surface area contributed by atoms with E-state index in [1.165, 1.54) is 28.7 Å². The maximum absolute atomic E-state index is 11.6. The largest absolute Gasteiger partial charge is 0.493 e. The van der Waals surface area contributed by atoms with Crippen molar-refractivity contribution >= 4 is 40.8 Å².